The van der Waals surface area contributed by atoms with Crippen molar-refractivity contribution in [2.24, 2.45) is 17.6 Å². The molecule has 18 heavy (non-hydrogen) atoms. The first-order valence-corrected chi connectivity index (χ1v) is 7.41. The maximum Gasteiger partial charge on any atom is 0.0615 e. The van der Waals surface area contributed by atoms with Crippen LogP contribution in [0.3, 0.4) is 0 Å². The monoisotopic (exact) mass is 256 g/mol. The molecule has 3 nitrogen and oxygen atoms in total. The molecule has 3 unspecified atom stereocenters. The summed E-state index contributed by atoms with van der Waals surface area (Å²) in [7, 11) is 4.01. The lowest BCUT2D eigenvalue weighted by molar-refractivity contribution is -0.0360. The minimum absolute atomic E-state index is 0.171. The van der Waals surface area contributed by atoms with Gasteiger partial charge in [-0.2, -0.15) is 0 Å². The van der Waals surface area contributed by atoms with Crippen LogP contribution in [-0.4, -0.2) is 43.8 Å². The average Bonchev–Trinajstić information content (AvgIpc) is 2.37. The summed E-state index contributed by atoms with van der Waals surface area (Å²) in [6.07, 6.45) is 5.22. The molecule has 2 N–H and O–H groups in total. The number of hydrogen-bond acceptors (Lipinski definition) is 3. The zero-order chi connectivity index (χ0) is 13.8. The lowest BCUT2D eigenvalue weighted by Crippen LogP contribution is -2.62. The fourth-order valence-electron chi connectivity index (χ4n) is 3.83. The van der Waals surface area contributed by atoms with Gasteiger partial charge in [0.05, 0.1) is 6.61 Å². The number of nitrogens with zero attached hydrogens (tertiary/aromatic N) is 1. The van der Waals surface area contributed by atoms with Gasteiger partial charge in [0.2, 0.25) is 0 Å². The van der Waals surface area contributed by atoms with Crippen LogP contribution in [0.1, 0.15) is 46.5 Å². The van der Waals surface area contributed by atoms with Crippen LogP contribution in [0.15, 0.2) is 0 Å². The normalized spacial score (nSPS) is 31.0. The van der Waals surface area contributed by atoms with Crippen molar-refractivity contribution in [3.8, 4) is 0 Å². The van der Waals surface area contributed by atoms with Gasteiger partial charge in [0, 0.05) is 25.2 Å². The van der Waals surface area contributed by atoms with Crippen molar-refractivity contribution in [3.63, 3.8) is 0 Å². The van der Waals surface area contributed by atoms with Crippen LogP contribution in [0.2, 0.25) is 0 Å². The van der Waals surface area contributed by atoms with Crippen molar-refractivity contribution in [2.45, 2.75) is 58.0 Å². The highest BCUT2D eigenvalue weighted by molar-refractivity contribution is 5.01. The van der Waals surface area contributed by atoms with Crippen LogP contribution in [0.4, 0.5) is 0 Å². The van der Waals surface area contributed by atoms with E-state index in [0.29, 0.717) is 17.9 Å². The van der Waals surface area contributed by atoms with Crippen molar-refractivity contribution in [1.29, 1.82) is 0 Å². The van der Waals surface area contributed by atoms with E-state index in [0.717, 1.165) is 13.2 Å². The van der Waals surface area contributed by atoms with Crippen LogP contribution in [0, 0.1) is 11.8 Å². The Bertz CT molecular complexity index is 245. The van der Waals surface area contributed by atoms with E-state index in [2.05, 4.69) is 32.7 Å². The van der Waals surface area contributed by atoms with E-state index >= 15 is 0 Å². The van der Waals surface area contributed by atoms with Gasteiger partial charge in [-0.05, 0) is 38.6 Å². The molecule has 1 fully saturated rings. The van der Waals surface area contributed by atoms with Crippen molar-refractivity contribution in [1.82, 2.24) is 4.90 Å². The summed E-state index contributed by atoms with van der Waals surface area (Å²) in [4.78, 5) is 2.50. The first-order valence-electron chi connectivity index (χ1n) is 7.41. The van der Waals surface area contributed by atoms with E-state index in [4.69, 9.17) is 10.5 Å². The third kappa shape index (κ3) is 3.06. The molecular formula is C15H32N2O. The van der Waals surface area contributed by atoms with Gasteiger partial charge >= 0.3 is 0 Å². The first kappa shape index (κ1) is 15.9. The van der Waals surface area contributed by atoms with Crippen LogP contribution in [0.5, 0.6) is 0 Å². The molecule has 0 aromatic carbocycles. The molecule has 3 heteroatoms. The second kappa shape index (κ2) is 6.88. The first-order chi connectivity index (χ1) is 8.49. The van der Waals surface area contributed by atoms with Gasteiger partial charge in [-0.25, -0.2) is 0 Å². The molecule has 108 valence electrons. The van der Waals surface area contributed by atoms with Crippen molar-refractivity contribution < 1.29 is 4.74 Å². The number of ether oxygens (including phenoxy) is 1. The highest BCUT2D eigenvalue weighted by Gasteiger charge is 2.45. The molecule has 0 amide bonds. The summed E-state index contributed by atoms with van der Waals surface area (Å²) in [5.41, 5.74) is 6.39. The van der Waals surface area contributed by atoms with Gasteiger partial charge in [-0.15, -0.1) is 0 Å². The Hall–Kier alpha value is -0.120. The molecule has 1 rings (SSSR count). The van der Waals surface area contributed by atoms with Crippen LogP contribution in [0.25, 0.3) is 0 Å². The van der Waals surface area contributed by atoms with Gasteiger partial charge in [0.15, 0.2) is 0 Å². The SMILES string of the molecule is COCC(C)N(C)C1(CN)CCCCC1C(C)C. The lowest BCUT2D eigenvalue weighted by atomic mass is 9.66. The zero-order valence-electron chi connectivity index (χ0n) is 12.9. The number of rotatable bonds is 6. The Labute approximate surface area is 113 Å². The number of hydrogen-bond donors (Lipinski definition) is 1. The quantitative estimate of drug-likeness (QED) is 0.793. The molecule has 0 saturated heterocycles. The van der Waals surface area contributed by atoms with Gasteiger partial charge in [0.1, 0.15) is 0 Å². The minimum Gasteiger partial charge on any atom is -0.383 e. The van der Waals surface area contributed by atoms with Crippen molar-refractivity contribution in [3.05, 3.63) is 0 Å². The van der Waals surface area contributed by atoms with E-state index in [-0.39, 0.29) is 5.54 Å². The molecule has 0 bridgehead atoms. The summed E-state index contributed by atoms with van der Waals surface area (Å²) in [6, 6.07) is 0.429. The van der Waals surface area contributed by atoms with Gasteiger partial charge < -0.3 is 10.5 Å². The highest BCUT2D eigenvalue weighted by Crippen LogP contribution is 2.42. The summed E-state index contributed by atoms with van der Waals surface area (Å²) in [5.74, 6) is 1.41. The standard InChI is InChI=1S/C15H32N2O/c1-12(2)14-8-6-7-9-15(14,11-16)17(4)13(3)10-18-5/h12-14H,6-11,16H2,1-5H3. The van der Waals surface area contributed by atoms with E-state index in [1.165, 1.54) is 25.7 Å². The molecule has 0 aromatic rings. The van der Waals surface area contributed by atoms with Gasteiger partial charge in [-0.3, -0.25) is 4.90 Å². The third-order valence-electron chi connectivity index (χ3n) is 4.99. The Morgan fingerprint density at radius 3 is 2.50 bits per heavy atom. The van der Waals surface area contributed by atoms with E-state index in [1.807, 2.05) is 0 Å². The minimum atomic E-state index is 0.171. The van der Waals surface area contributed by atoms with Crippen molar-refractivity contribution in [2.75, 3.05) is 27.3 Å². The van der Waals surface area contributed by atoms with E-state index < -0.39 is 0 Å². The summed E-state index contributed by atoms with van der Waals surface area (Å²) >= 11 is 0. The zero-order valence-corrected chi connectivity index (χ0v) is 12.9. The predicted molar refractivity (Wildman–Crippen MR) is 77.7 cm³/mol. The molecular weight excluding hydrogens is 224 g/mol. The smallest absolute Gasteiger partial charge is 0.0615 e. The maximum absolute atomic E-state index is 6.22. The largest absolute Gasteiger partial charge is 0.383 e. The topological polar surface area (TPSA) is 38.5 Å². The Morgan fingerprint density at radius 1 is 1.33 bits per heavy atom. The molecule has 0 heterocycles. The average molecular weight is 256 g/mol. The maximum atomic E-state index is 6.22. The Morgan fingerprint density at radius 2 is 2.00 bits per heavy atom. The van der Waals surface area contributed by atoms with Gasteiger partial charge in [-0.1, -0.05) is 26.7 Å². The number of likely N-dealkylation sites (N-methyl/N-ethyl adjacent to an activating group) is 1. The molecule has 3 atom stereocenters. The Balaban J connectivity index is 2.92. The highest BCUT2D eigenvalue weighted by atomic mass is 16.5. The van der Waals surface area contributed by atoms with Crippen LogP contribution >= 0.6 is 0 Å². The molecule has 1 aliphatic carbocycles. The molecule has 1 aliphatic rings. The van der Waals surface area contributed by atoms with E-state index in [9.17, 15) is 0 Å². The molecule has 0 spiro atoms. The summed E-state index contributed by atoms with van der Waals surface area (Å²) in [6.45, 7) is 8.47. The van der Waals surface area contributed by atoms with Gasteiger partial charge in [0.25, 0.3) is 0 Å². The molecule has 0 radical (unpaired) electrons. The summed E-state index contributed by atoms with van der Waals surface area (Å²) in [5, 5.41) is 0. The predicted octanol–water partition coefficient (Wildman–Crippen LogP) is 2.50. The van der Waals surface area contributed by atoms with E-state index in [1.54, 1.807) is 7.11 Å². The third-order valence-corrected chi connectivity index (χ3v) is 4.99. The summed E-state index contributed by atoms with van der Waals surface area (Å²) < 4.78 is 5.32. The van der Waals surface area contributed by atoms with Crippen LogP contribution < -0.4 is 5.73 Å². The molecule has 1 saturated carbocycles. The second-order valence-electron chi connectivity index (χ2n) is 6.32. The van der Waals surface area contributed by atoms with Crippen LogP contribution in [-0.2, 0) is 4.74 Å². The fraction of sp³-hybridized carbons (Fsp3) is 1.00. The molecule has 0 aromatic heterocycles. The number of nitrogens with two attached hydrogens (primary N) is 1. The number of methoxy groups -OCH3 is 1. The van der Waals surface area contributed by atoms with Crippen molar-refractivity contribution >= 4 is 0 Å². The lowest BCUT2D eigenvalue weighted by Gasteiger charge is -2.53. The Kier molecular flexibility index (Phi) is 6.09. The second-order valence-corrected chi connectivity index (χ2v) is 6.32. The molecule has 0 aliphatic heterocycles. The fourth-order valence-corrected chi connectivity index (χ4v) is 3.83.